The Kier molecular flexibility index (Phi) is 5.63. The van der Waals surface area contributed by atoms with Crippen molar-refractivity contribution in [1.29, 1.82) is 0 Å². The molecule has 0 fully saturated rings. The summed E-state index contributed by atoms with van der Waals surface area (Å²) >= 11 is 0. The predicted molar refractivity (Wildman–Crippen MR) is 90.3 cm³/mol. The maximum atomic E-state index is 12.6. The molecule has 0 radical (unpaired) electrons. The van der Waals surface area contributed by atoms with Gasteiger partial charge in [-0.15, -0.1) is 0 Å². The summed E-state index contributed by atoms with van der Waals surface area (Å²) < 4.78 is 38.3. The van der Waals surface area contributed by atoms with Crippen molar-refractivity contribution >= 4 is 15.7 Å². The molecule has 0 aliphatic rings. The van der Waals surface area contributed by atoms with Crippen LogP contribution in [0.15, 0.2) is 47.4 Å². The molecule has 0 amide bonds. The molecule has 5 nitrogen and oxygen atoms in total. The molecule has 0 aliphatic carbocycles. The molecule has 0 saturated heterocycles. The first-order valence-corrected chi connectivity index (χ1v) is 8.79. The fourth-order valence-electron chi connectivity index (χ4n) is 2.18. The summed E-state index contributed by atoms with van der Waals surface area (Å²) in [5, 5.41) is 0. The van der Waals surface area contributed by atoms with Crippen molar-refractivity contribution in [3.8, 4) is 5.75 Å². The molecule has 23 heavy (non-hydrogen) atoms. The smallest absolute Gasteiger partial charge is 0.261 e. The Balaban J connectivity index is 2.30. The van der Waals surface area contributed by atoms with E-state index in [1.54, 1.807) is 38.3 Å². The number of benzene rings is 2. The lowest BCUT2D eigenvalue weighted by molar-refractivity contribution is 0.134. The highest BCUT2D eigenvalue weighted by Crippen LogP contribution is 2.24. The highest BCUT2D eigenvalue weighted by atomic mass is 32.2. The number of para-hydroxylation sites is 1. The van der Waals surface area contributed by atoms with Gasteiger partial charge in [0.2, 0.25) is 0 Å². The van der Waals surface area contributed by atoms with Crippen LogP contribution in [0.1, 0.15) is 18.1 Å². The van der Waals surface area contributed by atoms with Gasteiger partial charge in [0.05, 0.1) is 24.3 Å². The number of nitrogens with one attached hydrogen (secondary N) is 1. The van der Waals surface area contributed by atoms with Gasteiger partial charge in [0.25, 0.3) is 10.0 Å². The van der Waals surface area contributed by atoms with Crippen LogP contribution in [-0.2, 0) is 21.4 Å². The van der Waals surface area contributed by atoms with Crippen molar-refractivity contribution in [2.45, 2.75) is 25.3 Å². The van der Waals surface area contributed by atoms with Gasteiger partial charge >= 0.3 is 0 Å². The number of anilines is 1. The Morgan fingerprint density at radius 1 is 1.13 bits per heavy atom. The van der Waals surface area contributed by atoms with Crippen LogP contribution in [-0.4, -0.2) is 22.1 Å². The first-order chi connectivity index (χ1) is 11.0. The lowest BCUT2D eigenvalue weighted by atomic mass is 10.2. The van der Waals surface area contributed by atoms with Crippen LogP contribution >= 0.6 is 0 Å². The third-order valence-electron chi connectivity index (χ3n) is 3.40. The number of aryl methyl sites for hydroxylation is 1. The van der Waals surface area contributed by atoms with Crippen LogP contribution in [0.3, 0.4) is 0 Å². The van der Waals surface area contributed by atoms with Gasteiger partial charge in [-0.1, -0.05) is 18.2 Å². The Morgan fingerprint density at radius 2 is 1.87 bits per heavy atom. The first-order valence-electron chi connectivity index (χ1n) is 7.31. The summed E-state index contributed by atoms with van der Waals surface area (Å²) in [5.41, 5.74) is 2.08. The van der Waals surface area contributed by atoms with Crippen LogP contribution in [0, 0.1) is 6.92 Å². The van der Waals surface area contributed by atoms with Gasteiger partial charge in [-0.3, -0.25) is 4.72 Å². The van der Waals surface area contributed by atoms with E-state index >= 15 is 0 Å². The van der Waals surface area contributed by atoms with Crippen molar-refractivity contribution in [2.24, 2.45) is 0 Å². The molecule has 2 aromatic carbocycles. The summed E-state index contributed by atoms with van der Waals surface area (Å²) in [4.78, 5) is 0.196. The van der Waals surface area contributed by atoms with E-state index < -0.39 is 10.0 Å². The van der Waals surface area contributed by atoms with Crippen LogP contribution < -0.4 is 9.46 Å². The second kappa shape index (κ2) is 7.48. The molecule has 0 spiro atoms. The molecule has 0 aliphatic heterocycles. The summed E-state index contributed by atoms with van der Waals surface area (Å²) in [7, 11) is -2.12. The van der Waals surface area contributed by atoms with Crippen molar-refractivity contribution in [3.05, 3.63) is 53.6 Å². The van der Waals surface area contributed by atoms with Crippen LogP contribution in [0.2, 0.25) is 0 Å². The average Bonchev–Trinajstić information content (AvgIpc) is 2.53. The average molecular weight is 335 g/mol. The summed E-state index contributed by atoms with van der Waals surface area (Å²) in [5.74, 6) is 0.653. The van der Waals surface area contributed by atoms with Gasteiger partial charge < -0.3 is 9.47 Å². The molecule has 0 bridgehead atoms. The zero-order valence-electron chi connectivity index (χ0n) is 13.5. The van der Waals surface area contributed by atoms with Gasteiger partial charge in [-0.2, -0.15) is 0 Å². The second-order valence-electron chi connectivity index (χ2n) is 5.03. The SMILES string of the molecule is CCOCc1ccccc1NS(=O)(=O)c1ccc(OC)c(C)c1. The lowest BCUT2D eigenvalue weighted by Crippen LogP contribution is -2.14. The topological polar surface area (TPSA) is 64.6 Å². The van der Waals surface area contributed by atoms with E-state index in [1.165, 1.54) is 6.07 Å². The van der Waals surface area contributed by atoms with Gasteiger partial charge in [-0.05, 0) is 43.7 Å². The number of hydrogen-bond donors (Lipinski definition) is 1. The van der Waals surface area contributed by atoms with Crippen molar-refractivity contribution in [1.82, 2.24) is 0 Å². The predicted octanol–water partition coefficient (Wildman–Crippen LogP) is 3.34. The molecule has 1 N–H and O–H groups in total. The fraction of sp³-hybridized carbons (Fsp3) is 0.294. The zero-order valence-corrected chi connectivity index (χ0v) is 14.3. The van der Waals surface area contributed by atoms with Crippen molar-refractivity contribution < 1.29 is 17.9 Å². The molecule has 2 rings (SSSR count). The second-order valence-corrected chi connectivity index (χ2v) is 6.71. The normalized spacial score (nSPS) is 11.3. The van der Waals surface area contributed by atoms with E-state index in [9.17, 15) is 8.42 Å². The first kappa shape index (κ1) is 17.3. The van der Waals surface area contributed by atoms with E-state index in [2.05, 4.69) is 4.72 Å². The Hall–Kier alpha value is -2.05. The monoisotopic (exact) mass is 335 g/mol. The van der Waals surface area contributed by atoms with E-state index in [0.717, 1.165) is 11.1 Å². The Morgan fingerprint density at radius 3 is 2.52 bits per heavy atom. The van der Waals surface area contributed by atoms with E-state index in [0.29, 0.717) is 24.7 Å². The minimum atomic E-state index is -3.67. The quantitative estimate of drug-likeness (QED) is 0.843. The van der Waals surface area contributed by atoms with Crippen molar-refractivity contribution in [2.75, 3.05) is 18.4 Å². The highest BCUT2D eigenvalue weighted by molar-refractivity contribution is 7.92. The highest BCUT2D eigenvalue weighted by Gasteiger charge is 2.17. The van der Waals surface area contributed by atoms with E-state index in [4.69, 9.17) is 9.47 Å². The number of ether oxygens (including phenoxy) is 2. The molecule has 124 valence electrons. The standard InChI is InChI=1S/C17H21NO4S/c1-4-22-12-14-7-5-6-8-16(14)18-23(19,20)15-9-10-17(21-3)13(2)11-15/h5-11,18H,4,12H2,1-3H3. The number of sulfonamides is 1. The zero-order chi connectivity index (χ0) is 16.9. The minimum absolute atomic E-state index is 0.196. The largest absolute Gasteiger partial charge is 0.496 e. The van der Waals surface area contributed by atoms with Gasteiger partial charge in [0.15, 0.2) is 0 Å². The van der Waals surface area contributed by atoms with E-state index in [-0.39, 0.29) is 4.90 Å². The van der Waals surface area contributed by atoms with Gasteiger partial charge in [-0.25, -0.2) is 8.42 Å². The molecular formula is C17H21NO4S. The molecule has 0 aromatic heterocycles. The third-order valence-corrected chi connectivity index (χ3v) is 4.76. The summed E-state index contributed by atoms with van der Waals surface area (Å²) in [6.07, 6.45) is 0. The molecule has 0 heterocycles. The fourth-order valence-corrected chi connectivity index (χ4v) is 3.37. The number of hydrogen-bond acceptors (Lipinski definition) is 4. The van der Waals surface area contributed by atoms with Crippen LogP contribution in [0.25, 0.3) is 0 Å². The summed E-state index contributed by atoms with van der Waals surface area (Å²) in [6, 6.07) is 12.0. The van der Waals surface area contributed by atoms with Crippen molar-refractivity contribution in [3.63, 3.8) is 0 Å². The van der Waals surface area contributed by atoms with Gasteiger partial charge in [0, 0.05) is 12.2 Å². The van der Waals surface area contributed by atoms with E-state index in [1.807, 2.05) is 19.1 Å². The molecule has 2 aromatic rings. The Labute approximate surface area is 137 Å². The molecule has 6 heteroatoms. The molecule has 0 saturated carbocycles. The lowest BCUT2D eigenvalue weighted by Gasteiger charge is -2.13. The molecule has 0 unspecified atom stereocenters. The number of methoxy groups -OCH3 is 1. The number of rotatable bonds is 7. The minimum Gasteiger partial charge on any atom is -0.496 e. The molecule has 0 atom stereocenters. The molecular weight excluding hydrogens is 314 g/mol. The maximum Gasteiger partial charge on any atom is 0.261 e. The van der Waals surface area contributed by atoms with Crippen LogP contribution in [0.4, 0.5) is 5.69 Å². The van der Waals surface area contributed by atoms with Crippen LogP contribution in [0.5, 0.6) is 5.75 Å². The van der Waals surface area contributed by atoms with Gasteiger partial charge in [0.1, 0.15) is 5.75 Å². The maximum absolute atomic E-state index is 12.6. The summed E-state index contributed by atoms with van der Waals surface area (Å²) in [6.45, 7) is 4.63. The Bertz CT molecular complexity index is 772. The third kappa shape index (κ3) is 4.24.